The van der Waals surface area contributed by atoms with Crippen LogP contribution in [-0.2, 0) is 4.74 Å². The van der Waals surface area contributed by atoms with Gasteiger partial charge in [-0.3, -0.25) is 0 Å². The van der Waals surface area contributed by atoms with Crippen LogP contribution in [0.25, 0.3) is 0 Å². The zero-order chi connectivity index (χ0) is 12.5. The highest BCUT2D eigenvalue weighted by Gasteiger charge is 2.42. The molecular formula is C9H9F3O4. The van der Waals surface area contributed by atoms with Crippen molar-refractivity contribution < 1.29 is 32.2 Å². The minimum Gasteiger partial charge on any atom is -0.465 e. The molecule has 1 N–H and O–H groups in total. The van der Waals surface area contributed by atoms with Gasteiger partial charge in [0.1, 0.15) is 17.1 Å². The molecule has 1 heterocycles. The van der Waals surface area contributed by atoms with E-state index in [4.69, 9.17) is 5.11 Å². The Bertz CT molecular complexity index is 394. The predicted molar refractivity (Wildman–Crippen MR) is 45.8 cm³/mol. The molecule has 1 atom stereocenters. The molecule has 0 unspecified atom stereocenters. The number of aryl methyl sites for hydroxylation is 1. The van der Waals surface area contributed by atoms with Crippen LogP contribution in [0.3, 0.4) is 0 Å². The van der Waals surface area contributed by atoms with E-state index in [1.54, 1.807) is 0 Å². The molecule has 4 nitrogen and oxygen atoms in total. The third-order valence-electron chi connectivity index (χ3n) is 1.92. The average molecular weight is 238 g/mol. The van der Waals surface area contributed by atoms with Crippen molar-refractivity contribution in [1.82, 2.24) is 0 Å². The number of aliphatic hydroxyl groups excluding tert-OH is 1. The summed E-state index contributed by atoms with van der Waals surface area (Å²) in [6, 6.07) is 0.819. The van der Waals surface area contributed by atoms with Crippen molar-refractivity contribution in [3.05, 3.63) is 23.2 Å². The fourth-order valence-corrected chi connectivity index (χ4v) is 1.11. The number of carbonyl (C=O) groups is 1. The van der Waals surface area contributed by atoms with Gasteiger partial charge in [-0.25, -0.2) is 4.79 Å². The van der Waals surface area contributed by atoms with Gasteiger partial charge >= 0.3 is 12.1 Å². The average Bonchev–Trinajstić information content (AvgIpc) is 2.56. The quantitative estimate of drug-likeness (QED) is 0.800. The summed E-state index contributed by atoms with van der Waals surface area (Å²) in [5, 5.41) is 8.88. The van der Waals surface area contributed by atoms with E-state index < -0.39 is 24.0 Å². The molecule has 0 aliphatic heterocycles. The van der Waals surface area contributed by atoms with Gasteiger partial charge < -0.3 is 14.3 Å². The number of halogens is 3. The summed E-state index contributed by atoms with van der Waals surface area (Å²) >= 11 is 0. The molecule has 0 bridgehead atoms. The number of alkyl halides is 3. The SMILES string of the molecule is COC(=O)c1cc([C@@H](O)C(F)(F)F)oc1C. The Kier molecular flexibility index (Phi) is 3.27. The highest BCUT2D eigenvalue weighted by molar-refractivity contribution is 5.90. The van der Waals surface area contributed by atoms with Crippen LogP contribution in [0.1, 0.15) is 28.0 Å². The summed E-state index contributed by atoms with van der Waals surface area (Å²) in [7, 11) is 1.09. The highest BCUT2D eigenvalue weighted by atomic mass is 19.4. The van der Waals surface area contributed by atoms with Crippen molar-refractivity contribution >= 4 is 5.97 Å². The lowest BCUT2D eigenvalue weighted by molar-refractivity contribution is -0.211. The van der Waals surface area contributed by atoms with Crippen molar-refractivity contribution in [1.29, 1.82) is 0 Å². The van der Waals surface area contributed by atoms with E-state index in [0.717, 1.165) is 13.2 Å². The number of ether oxygens (including phenoxy) is 1. The van der Waals surface area contributed by atoms with Crippen LogP contribution in [0.15, 0.2) is 10.5 Å². The molecule has 0 aliphatic rings. The largest absolute Gasteiger partial charge is 0.465 e. The van der Waals surface area contributed by atoms with Crippen LogP contribution in [-0.4, -0.2) is 24.4 Å². The molecular weight excluding hydrogens is 229 g/mol. The lowest BCUT2D eigenvalue weighted by atomic mass is 10.2. The Balaban J connectivity index is 3.06. The van der Waals surface area contributed by atoms with Crippen LogP contribution in [0.4, 0.5) is 13.2 Å². The lowest BCUT2D eigenvalue weighted by Gasteiger charge is -2.11. The summed E-state index contributed by atoms with van der Waals surface area (Å²) in [6.45, 7) is 1.30. The van der Waals surface area contributed by atoms with Crippen LogP contribution >= 0.6 is 0 Å². The number of hydrogen-bond acceptors (Lipinski definition) is 4. The van der Waals surface area contributed by atoms with Gasteiger partial charge in [-0.2, -0.15) is 13.2 Å². The van der Waals surface area contributed by atoms with Crippen LogP contribution in [0.5, 0.6) is 0 Å². The number of hydrogen-bond donors (Lipinski definition) is 1. The second kappa shape index (κ2) is 4.17. The molecule has 7 heteroatoms. The normalized spacial score (nSPS) is 13.6. The lowest BCUT2D eigenvalue weighted by Crippen LogP contribution is -2.19. The Morgan fingerprint density at radius 1 is 1.56 bits per heavy atom. The molecule has 0 radical (unpaired) electrons. The summed E-state index contributed by atoms with van der Waals surface area (Å²) in [6.07, 6.45) is -7.58. The van der Waals surface area contributed by atoms with Crippen LogP contribution in [0.2, 0.25) is 0 Å². The van der Waals surface area contributed by atoms with Crippen LogP contribution < -0.4 is 0 Å². The molecule has 1 aromatic heterocycles. The summed E-state index contributed by atoms with van der Waals surface area (Å²) in [5.41, 5.74) is -0.138. The molecule has 1 aromatic rings. The molecule has 0 aliphatic carbocycles. The molecule has 0 amide bonds. The third kappa shape index (κ3) is 2.35. The maximum atomic E-state index is 12.1. The van der Waals surface area contributed by atoms with Gasteiger partial charge in [0.15, 0.2) is 0 Å². The number of carbonyl (C=O) groups excluding carboxylic acids is 1. The van der Waals surface area contributed by atoms with E-state index in [1.165, 1.54) is 6.92 Å². The van der Waals surface area contributed by atoms with Gasteiger partial charge in [-0.1, -0.05) is 0 Å². The Hall–Kier alpha value is -1.50. The molecule has 0 spiro atoms. The second-order valence-electron chi connectivity index (χ2n) is 3.05. The van der Waals surface area contributed by atoms with E-state index in [9.17, 15) is 18.0 Å². The first kappa shape index (κ1) is 12.6. The van der Waals surface area contributed by atoms with E-state index in [-0.39, 0.29) is 11.3 Å². The Labute approximate surface area is 88.6 Å². The van der Waals surface area contributed by atoms with Gasteiger partial charge in [0.2, 0.25) is 6.10 Å². The summed E-state index contributed by atoms with van der Waals surface area (Å²) in [5.74, 6) is -1.59. The fraction of sp³-hybridized carbons (Fsp3) is 0.444. The third-order valence-corrected chi connectivity index (χ3v) is 1.92. The minimum absolute atomic E-state index is 0.0369. The predicted octanol–water partition coefficient (Wildman–Crippen LogP) is 1.97. The van der Waals surface area contributed by atoms with Crippen molar-refractivity contribution in [3.8, 4) is 0 Å². The monoisotopic (exact) mass is 238 g/mol. The smallest absolute Gasteiger partial charge is 0.421 e. The van der Waals surface area contributed by atoms with Gasteiger partial charge in [0, 0.05) is 0 Å². The van der Waals surface area contributed by atoms with Crippen LogP contribution in [0, 0.1) is 6.92 Å². The molecule has 16 heavy (non-hydrogen) atoms. The number of rotatable bonds is 2. The van der Waals surface area contributed by atoms with Gasteiger partial charge in [0.25, 0.3) is 0 Å². The van der Waals surface area contributed by atoms with Crippen molar-refractivity contribution in [2.45, 2.75) is 19.2 Å². The highest BCUT2D eigenvalue weighted by Crippen LogP contribution is 2.34. The Morgan fingerprint density at radius 3 is 2.56 bits per heavy atom. The van der Waals surface area contributed by atoms with Crippen molar-refractivity contribution in [3.63, 3.8) is 0 Å². The molecule has 0 fully saturated rings. The van der Waals surface area contributed by atoms with E-state index in [1.807, 2.05) is 0 Å². The first-order valence-electron chi connectivity index (χ1n) is 4.20. The molecule has 90 valence electrons. The standard InChI is InChI=1S/C9H9F3O4/c1-4-5(8(14)15-2)3-6(16-4)7(13)9(10,11)12/h3,7,13H,1-2H3/t7-/m1/s1. The van der Waals surface area contributed by atoms with E-state index >= 15 is 0 Å². The van der Waals surface area contributed by atoms with Gasteiger partial charge in [-0.05, 0) is 13.0 Å². The number of furan rings is 1. The van der Waals surface area contributed by atoms with E-state index in [0.29, 0.717) is 0 Å². The fourth-order valence-electron chi connectivity index (χ4n) is 1.11. The number of aliphatic hydroxyl groups is 1. The number of esters is 1. The van der Waals surface area contributed by atoms with Crippen molar-refractivity contribution in [2.24, 2.45) is 0 Å². The van der Waals surface area contributed by atoms with Crippen molar-refractivity contribution in [2.75, 3.05) is 7.11 Å². The van der Waals surface area contributed by atoms with Gasteiger partial charge in [-0.15, -0.1) is 0 Å². The molecule has 0 saturated heterocycles. The number of methoxy groups -OCH3 is 1. The molecule has 0 aromatic carbocycles. The summed E-state index contributed by atoms with van der Waals surface area (Å²) < 4.78 is 45.4. The zero-order valence-corrected chi connectivity index (χ0v) is 8.46. The van der Waals surface area contributed by atoms with E-state index in [2.05, 4.69) is 9.15 Å². The molecule has 1 rings (SSSR count). The second-order valence-corrected chi connectivity index (χ2v) is 3.05. The minimum atomic E-state index is -4.84. The maximum absolute atomic E-state index is 12.1. The zero-order valence-electron chi connectivity index (χ0n) is 8.46. The first-order valence-corrected chi connectivity index (χ1v) is 4.20. The summed E-state index contributed by atoms with van der Waals surface area (Å²) in [4.78, 5) is 11.1. The topological polar surface area (TPSA) is 59.7 Å². The molecule has 0 saturated carbocycles. The first-order chi connectivity index (χ1) is 7.27. The Morgan fingerprint density at radius 2 is 2.12 bits per heavy atom. The van der Waals surface area contributed by atoms with Gasteiger partial charge in [0.05, 0.1) is 7.11 Å². The maximum Gasteiger partial charge on any atom is 0.421 e.